The van der Waals surface area contributed by atoms with Crippen molar-refractivity contribution in [3.63, 3.8) is 0 Å². The molecule has 2 aliphatic rings. The zero-order chi connectivity index (χ0) is 15.0. The third-order valence-corrected chi connectivity index (χ3v) is 5.53. The van der Waals surface area contributed by atoms with Crippen LogP contribution in [0.3, 0.4) is 0 Å². The quantitative estimate of drug-likeness (QED) is 0.878. The molecule has 0 spiro atoms. The third kappa shape index (κ3) is 2.92. The zero-order valence-corrected chi connectivity index (χ0v) is 13.3. The van der Waals surface area contributed by atoms with Crippen LogP contribution in [0, 0.1) is 5.92 Å². The smallest absolute Gasteiger partial charge is 0.0762 e. The van der Waals surface area contributed by atoms with E-state index < -0.39 is 11.7 Å². The number of hydrogen-bond donors (Lipinski definition) is 2. The van der Waals surface area contributed by atoms with E-state index in [1.54, 1.807) is 6.92 Å². The number of fused-ring (bicyclic) bond motifs is 1. The number of rotatable bonds is 2. The minimum atomic E-state index is -0.499. The Morgan fingerprint density at radius 1 is 1.33 bits per heavy atom. The Hall–Kier alpha value is -0.770. The Morgan fingerprint density at radius 2 is 2.14 bits per heavy atom. The van der Waals surface area contributed by atoms with E-state index in [0.717, 1.165) is 50.0 Å². The third-order valence-electron chi connectivity index (χ3n) is 5.22. The van der Waals surface area contributed by atoms with Crippen molar-refractivity contribution in [2.45, 2.75) is 50.7 Å². The van der Waals surface area contributed by atoms with Gasteiger partial charge in [0.1, 0.15) is 0 Å². The molecule has 4 heteroatoms. The first-order valence-electron chi connectivity index (χ1n) is 7.94. The van der Waals surface area contributed by atoms with Crippen molar-refractivity contribution in [2.24, 2.45) is 5.92 Å². The lowest BCUT2D eigenvalue weighted by atomic mass is 9.71. The molecular formula is C17H24ClNO2. The molecule has 2 N–H and O–H groups in total. The maximum atomic E-state index is 10.7. The molecule has 21 heavy (non-hydrogen) atoms. The topological polar surface area (TPSA) is 43.7 Å². The largest absolute Gasteiger partial charge is 0.389 e. The molecule has 2 fully saturated rings. The monoisotopic (exact) mass is 309 g/mol. The van der Waals surface area contributed by atoms with E-state index in [1.807, 2.05) is 18.2 Å². The van der Waals surface area contributed by atoms with Gasteiger partial charge in [-0.05, 0) is 43.9 Å². The summed E-state index contributed by atoms with van der Waals surface area (Å²) in [5, 5.41) is 21.1. The summed E-state index contributed by atoms with van der Waals surface area (Å²) in [6.07, 6.45) is 4.75. The fraction of sp³-hybridized carbons (Fsp3) is 0.647. The van der Waals surface area contributed by atoms with E-state index in [1.165, 1.54) is 6.42 Å². The van der Waals surface area contributed by atoms with Crippen molar-refractivity contribution in [3.05, 3.63) is 28.8 Å². The average Bonchev–Trinajstić information content (AvgIpc) is 2.46. The van der Waals surface area contributed by atoms with Crippen molar-refractivity contribution < 1.29 is 10.2 Å². The Bertz CT molecular complexity index is 520. The molecule has 1 aromatic rings. The molecule has 0 radical (unpaired) electrons. The molecule has 3 nitrogen and oxygen atoms in total. The summed E-state index contributed by atoms with van der Waals surface area (Å²) in [6, 6.07) is 5.79. The van der Waals surface area contributed by atoms with E-state index >= 15 is 0 Å². The number of benzene rings is 1. The summed E-state index contributed by atoms with van der Waals surface area (Å²) in [5.41, 5.74) is 1.41. The van der Waals surface area contributed by atoms with Gasteiger partial charge in [-0.25, -0.2) is 0 Å². The van der Waals surface area contributed by atoms with E-state index in [-0.39, 0.29) is 0 Å². The molecule has 1 saturated heterocycles. The van der Waals surface area contributed by atoms with Crippen molar-refractivity contribution in [2.75, 3.05) is 18.0 Å². The molecule has 1 saturated carbocycles. The predicted molar refractivity (Wildman–Crippen MR) is 85.8 cm³/mol. The minimum absolute atomic E-state index is 0.354. The molecule has 1 heterocycles. The molecule has 1 aliphatic carbocycles. The average molecular weight is 310 g/mol. The van der Waals surface area contributed by atoms with Gasteiger partial charge in [-0.15, -0.1) is 0 Å². The molecule has 3 unspecified atom stereocenters. The molecule has 3 rings (SSSR count). The lowest BCUT2D eigenvalue weighted by molar-refractivity contribution is -0.0612. The number of anilines is 1. The Labute approximate surface area is 131 Å². The number of nitrogens with zero attached hydrogens (tertiary/aromatic N) is 1. The molecular weight excluding hydrogens is 286 g/mol. The lowest BCUT2D eigenvalue weighted by Crippen LogP contribution is -2.53. The summed E-state index contributed by atoms with van der Waals surface area (Å²) >= 11 is 6.40. The second-order valence-electron chi connectivity index (χ2n) is 6.63. The second-order valence-corrected chi connectivity index (χ2v) is 7.04. The summed E-state index contributed by atoms with van der Waals surface area (Å²) in [4.78, 5) is 2.29. The van der Waals surface area contributed by atoms with E-state index in [9.17, 15) is 10.2 Å². The number of aliphatic hydroxyl groups is 2. The first-order chi connectivity index (χ1) is 9.99. The van der Waals surface area contributed by atoms with Crippen LogP contribution in [0.2, 0.25) is 5.02 Å². The summed E-state index contributed by atoms with van der Waals surface area (Å²) in [5.74, 6) is 0.354. The number of aliphatic hydroxyl groups excluding tert-OH is 1. The highest BCUT2D eigenvalue weighted by atomic mass is 35.5. The molecule has 0 bridgehead atoms. The highest BCUT2D eigenvalue weighted by Gasteiger charge is 2.42. The van der Waals surface area contributed by atoms with E-state index in [4.69, 9.17) is 11.6 Å². The fourth-order valence-corrected chi connectivity index (χ4v) is 4.14. The van der Waals surface area contributed by atoms with Crippen LogP contribution in [-0.4, -0.2) is 28.9 Å². The van der Waals surface area contributed by atoms with Crippen molar-refractivity contribution in [1.82, 2.24) is 0 Å². The second kappa shape index (κ2) is 5.79. The maximum absolute atomic E-state index is 10.7. The van der Waals surface area contributed by atoms with Crippen LogP contribution in [0.5, 0.6) is 0 Å². The van der Waals surface area contributed by atoms with Gasteiger partial charge >= 0.3 is 0 Å². The van der Waals surface area contributed by atoms with Gasteiger partial charge in [0.15, 0.2) is 0 Å². The zero-order valence-electron chi connectivity index (χ0n) is 12.6. The first kappa shape index (κ1) is 15.1. The van der Waals surface area contributed by atoms with Crippen LogP contribution in [0.1, 0.15) is 50.7 Å². The number of hydrogen-bond acceptors (Lipinski definition) is 3. The van der Waals surface area contributed by atoms with Crippen LogP contribution in [0.25, 0.3) is 0 Å². The molecule has 1 aromatic carbocycles. The molecule has 0 aromatic heterocycles. The SMILES string of the molecule is CC(O)c1ccc(N2CCC3(O)CCCCC3C2)c(Cl)c1. The van der Waals surface area contributed by atoms with Gasteiger partial charge in [0.25, 0.3) is 0 Å². The van der Waals surface area contributed by atoms with Crippen LogP contribution < -0.4 is 4.90 Å². The molecule has 1 aliphatic heterocycles. The van der Waals surface area contributed by atoms with E-state index in [2.05, 4.69) is 4.90 Å². The standard InChI is InChI=1S/C17H24ClNO2/c1-12(20)13-5-6-16(15(18)10-13)19-9-8-17(21)7-3-2-4-14(17)11-19/h5-6,10,12,14,20-21H,2-4,7-9,11H2,1H3. The van der Waals surface area contributed by atoms with E-state index in [0.29, 0.717) is 10.9 Å². The van der Waals surface area contributed by atoms with Gasteiger partial charge < -0.3 is 15.1 Å². The normalized spacial score (nSPS) is 30.9. The van der Waals surface area contributed by atoms with Gasteiger partial charge in [-0.2, -0.15) is 0 Å². The summed E-state index contributed by atoms with van der Waals surface area (Å²) in [7, 11) is 0. The molecule has 0 amide bonds. The van der Waals surface area contributed by atoms with Crippen LogP contribution in [-0.2, 0) is 0 Å². The van der Waals surface area contributed by atoms with Gasteiger partial charge in [0, 0.05) is 19.0 Å². The summed E-state index contributed by atoms with van der Waals surface area (Å²) < 4.78 is 0. The van der Waals surface area contributed by atoms with Crippen LogP contribution in [0.4, 0.5) is 5.69 Å². The van der Waals surface area contributed by atoms with Crippen molar-refractivity contribution in [3.8, 4) is 0 Å². The van der Waals surface area contributed by atoms with Gasteiger partial charge in [0.2, 0.25) is 0 Å². The van der Waals surface area contributed by atoms with Gasteiger partial charge in [0.05, 0.1) is 22.4 Å². The lowest BCUT2D eigenvalue weighted by Gasteiger charge is -2.48. The van der Waals surface area contributed by atoms with Gasteiger partial charge in [-0.3, -0.25) is 0 Å². The van der Waals surface area contributed by atoms with Crippen molar-refractivity contribution >= 4 is 17.3 Å². The van der Waals surface area contributed by atoms with Gasteiger partial charge in [-0.1, -0.05) is 30.5 Å². The highest BCUT2D eigenvalue weighted by molar-refractivity contribution is 6.33. The highest BCUT2D eigenvalue weighted by Crippen LogP contribution is 2.42. The van der Waals surface area contributed by atoms with Crippen molar-refractivity contribution in [1.29, 1.82) is 0 Å². The first-order valence-corrected chi connectivity index (χ1v) is 8.32. The number of piperidine rings is 1. The molecule has 3 atom stereocenters. The Balaban J connectivity index is 1.79. The molecule has 116 valence electrons. The Kier molecular flexibility index (Phi) is 4.17. The Morgan fingerprint density at radius 3 is 2.86 bits per heavy atom. The maximum Gasteiger partial charge on any atom is 0.0762 e. The fourth-order valence-electron chi connectivity index (χ4n) is 3.83. The van der Waals surface area contributed by atoms with Crippen LogP contribution in [0.15, 0.2) is 18.2 Å². The summed E-state index contributed by atoms with van der Waals surface area (Å²) in [6.45, 7) is 3.47. The van der Waals surface area contributed by atoms with Crippen LogP contribution >= 0.6 is 11.6 Å². The number of halogens is 1. The minimum Gasteiger partial charge on any atom is -0.389 e. The predicted octanol–water partition coefficient (Wildman–Crippen LogP) is 3.52.